The number of hydrogen-bond acceptors (Lipinski definition) is 12. The largest absolute Gasteiger partial charge is 0.399 e. The molecule has 0 aliphatic rings. The normalized spacial score (nSPS) is 11.1. The predicted octanol–water partition coefficient (Wildman–Crippen LogP) is 9.73. The number of nitrogens with two attached hydrogens (primary N) is 1. The lowest BCUT2D eigenvalue weighted by Crippen LogP contribution is -2.13. The summed E-state index contributed by atoms with van der Waals surface area (Å²) in [6, 6.07) is 36.9. The van der Waals surface area contributed by atoms with Crippen LogP contribution in [0, 0.1) is 13.8 Å². The minimum Gasteiger partial charge on any atom is -0.399 e. The van der Waals surface area contributed by atoms with Crippen molar-refractivity contribution in [2.45, 2.75) is 18.7 Å². The fraction of sp³-hybridized carbons (Fsp3) is 0.0625. The van der Waals surface area contributed by atoms with Crippen molar-refractivity contribution in [3.8, 4) is 22.5 Å². The number of benzene rings is 5. The molecular formula is C48H40N10O3S. The number of carbonyl (C=O) groups excluding carboxylic acids is 1. The van der Waals surface area contributed by atoms with Crippen molar-refractivity contribution in [1.82, 2.24) is 29.9 Å². The number of rotatable bonds is 9. The van der Waals surface area contributed by atoms with Crippen LogP contribution in [0.25, 0.3) is 44.1 Å². The van der Waals surface area contributed by atoms with E-state index in [1.165, 1.54) is 12.1 Å². The van der Waals surface area contributed by atoms with Crippen LogP contribution in [-0.2, 0) is 9.84 Å². The second kappa shape index (κ2) is 17.6. The summed E-state index contributed by atoms with van der Waals surface area (Å²) in [5.41, 5.74) is 14.4. The van der Waals surface area contributed by atoms with E-state index < -0.39 is 15.7 Å². The number of pyridine rings is 2. The Balaban J connectivity index is 0.000000184. The lowest BCUT2D eigenvalue weighted by Gasteiger charge is -2.13. The van der Waals surface area contributed by atoms with E-state index in [1.807, 2.05) is 111 Å². The van der Waals surface area contributed by atoms with E-state index in [-0.39, 0.29) is 10.5 Å². The van der Waals surface area contributed by atoms with Gasteiger partial charge in [-0.05, 0) is 90.3 Å². The van der Waals surface area contributed by atoms with E-state index >= 15 is 0 Å². The summed E-state index contributed by atoms with van der Waals surface area (Å²) in [7, 11) is -3.42. The van der Waals surface area contributed by atoms with Gasteiger partial charge in [0.05, 0.1) is 16.3 Å². The number of aromatic nitrogens is 6. The highest BCUT2D eigenvalue weighted by Crippen LogP contribution is 2.30. The zero-order valence-corrected chi connectivity index (χ0v) is 34.7. The second-order valence-electron chi connectivity index (χ2n) is 14.5. The van der Waals surface area contributed by atoms with Crippen molar-refractivity contribution in [3.63, 3.8) is 0 Å². The highest BCUT2D eigenvalue weighted by atomic mass is 32.2. The van der Waals surface area contributed by atoms with E-state index in [0.29, 0.717) is 23.3 Å². The van der Waals surface area contributed by atoms with Gasteiger partial charge in [0.25, 0.3) is 5.91 Å². The fourth-order valence-electron chi connectivity index (χ4n) is 6.70. The molecule has 9 rings (SSSR count). The quantitative estimate of drug-likeness (QED) is 0.101. The van der Waals surface area contributed by atoms with Crippen molar-refractivity contribution in [3.05, 3.63) is 175 Å². The SMILES string of the molecule is Cc1ccc(N)cc1Nc1nccc(-c2cncc3ccccc23)n1.Cc1ccc(NC(=O)c2cccc(S(C)(=O)=O)c2)cc1Nc1nccc(-c2cncc3ccccc23)n1. The van der Waals surface area contributed by atoms with Crippen molar-refractivity contribution < 1.29 is 13.2 Å². The van der Waals surface area contributed by atoms with Crippen molar-refractivity contribution >= 4 is 71.9 Å². The molecule has 1 amide bonds. The van der Waals surface area contributed by atoms with E-state index in [1.54, 1.807) is 42.9 Å². The molecular weight excluding hydrogens is 797 g/mol. The van der Waals surface area contributed by atoms with Crippen LogP contribution in [0.4, 0.5) is 34.6 Å². The maximum atomic E-state index is 12.8. The lowest BCUT2D eigenvalue weighted by molar-refractivity contribution is 0.102. The Morgan fingerprint density at radius 1 is 0.597 bits per heavy atom. The molecule has 0 saturated carbocycles. The Morgan fingerprint density at radius 3 is 1.73 bits per heavy atom. The zero-order valence-electron chi connectivity index (χ0n) is 33.9. The summed E-state index contributed by atoms with van der Waals surface area (Å²) in [4.78, 5) is 39.6. The number of sulfone groups is 1. The maximum absolute atomic E-state index is 12.8. The summed E-state index contributed by atoms with van der Waals surface area (Å²) < 4.78 is 23.7. The predicted molar refractivity (Wildman–Crippen MR) is 246 cm³/mol. The van der Waals surface area contributed by atoms with E-state index in [9.17, 15) is 13.2 Å². The maximum Gasteiger partial charge on any atom is 0.255 e. The molecule has 0 aliphatic heterocycles. The Bertz CT molecular complexity index is 3220. The van der Waals surface area contributed by atoms with Gasteiger partial charge >= 0.3 is 0 Å². The minimum atomic E-state index is -3.42. The van der Waals surface area contributed by atoms with Crippen LogP contribution in [-0.4, -0.2) is 50.5 Å². The Kier molecular flexibility index (Phi) is 11.6. The highest BCUT2D eigenvalue weighted by molar-refractivity contribution is 7.90. The molecule has 0 spiro atoms. The number of nitrogens with zero attached hydrogens (tertiary/aromatic N) is 6. The first kappa shape index (κ1) is 40.7. The summed E-state index contributed by atoms with van der Waals surface area (Å²) in [5.74, 6) is 0.513. The van der Waals surface area contributed by atoms with Gasteiger partial charge in [-0.2, -0.15) is 0 Å². The molecule has 13 nitrogen and oxygen atoms in total. The average Bonchev–Trinajstić information content (AvgIpc) is 3.28. The van der Waals surface area contributed by atoms with Crippen molar-refractivity contribution in [2.75, 3.05) is 27.9 Å². The van der Waals surface area contributed by atoms with Crippen molar-refractivity contribution in [1.29, 1.82) is 0 Å². The van der Waals surface area contributed by atoms with Gasteiger partial charge in [0.2, 0.25) is 11.9 Å². The number of nitrogen functional groups attached to an aromatic ring is 1. The van der Waals surface area contributed by atoms with Gasteiger partial charge in [0.15, 0.2) is 9.84 Å². The highest BCUT2D eigenvalue weighted by Gasteiger charge is 2.14. The minimum absolute atomic E-state index is 0.0878. The molecule has 0 atom stereocenters. The first-order valence-electron chi connectivity index (χ1n) is 19.4. The monoisotopic (exact) mass is 836 g/mol. The molecule has 0 unspecified atom stereocenters. The van der Waals surface area contributed by atoms with Crippen LogP contribution < -0.4 is 21.7 Å². The van der Waals surface area contributed by atoms with Gasteiger partial charge in [-0.1, -0.05) is 66.7 Å². The van der Waals surface area contributed by atoms with E-state index in [2.05, 4.69) is 46.9 Å². The molecule has 14 heteroatoms. The van der Waals surface area contributed by atoms with Gasteiger partial charge in [-0.3, -0.25) is 14.8 Å². The summed E-state index contributed by atoms with van der Waals surface area (Å²) in [6.07, 6.45) is 11.8. The molecule has 306 valence electrons. The number of anilines is 6. The third kappa shape index (κ3) is 9.35. The third-order valence-electron chi connectivity index (χ3n) is 9.97. The zero-order chi connectivity index (χ0) is 43.2. The summed E-state index contributed by atoms with van der Waals surface area (Å²) in [5, 5.41) is 13.6. The first-order chi connectivity index (χ1) is 30.0. The van der Waals surface area contributed by atoms with Gasteiger partial charge in [0.1, 0.15) is 0 Å². The smallest absolute Gasteiger partial charge is 0.255 e. The Morgan fingerprint density at radius 2 is 1.15 bits per heavy atom. The Labute approximate surface area is 358 Å². The van der Waals surface area contributed by atoms with Crippen LogP contribution in [0.2, 0.25) is 0 Å². The van der Waals surface area contributed by atoms with Crippen LogP contribution >= 0.6 is 0 Å². The van der Waals surface area contributed by atoms with Crippen LogP contribution in [0.15, 0.2) is 163 Å². The number of carbonyl (C=O) groups is 1. The first-order valence-corrected chi connectivity index (χ1v) is 21.3. The average molecular weight is 837 g/mol. The molecule has 4 aromatic heterocycles. The van der Waals surface area contributed by atoms with Crippen LogP contribution in [0.3, 0.4) is 0 Å². The van der Waals surface area contributed by atoms with E-state index in [4.69, 9.17) is 10.7 Å². The Hall–Kier alpha value is -8.10. The number of fused-ring (bicyclic) bond motifs is 2. The molecule has 0 aliphatic carbocycles. The molecule has 9 aromatic rings. The summed E-state index contributed by atoms with van der Waals surface area (Å²) >= 11 is 0. The lowest BCUT2D eigenvalue weighted by atomic mass is 10.1. The number of hydrogen-bond donors (Lipinski definition) is 4. The number of nitrogens with one attached hydrogen (secondary N) is 3. The molecule has 0 saturated heterocycles. The molecule has 62 heavy (non-hydrogen) atoms. The molecule has 0 fully saturated rings. The molecule has 4 heterocycles. The molecule has 5 N–H and O–H groups in total. The van der Waals surface area contributed by atoms with Crippen molar-refractivity contribution in [2.24, 2.45) is 0 Å². The third-order valence-corrected chi connectivity index (χ3v) is 11.1. The van der Waals surface area contributed by atoms with Crippen LogP contribution in [0.5, 0.6) is 0 Å². The standard InChI is InChI=1S/C28H23N5O3S.C20H17N5/c1-18-10-11-21(31-27(34)19-7-5-8-22(14-19)37(2,35)36)15-26(18)33-28-30-13-12-25(32-28)24-17-29-16-20-6-3-4-9-23(20)24;1-13-6-7-15(21)10-19(13)25-20-23-9-8-18(24-20)17-12-22-11-14-4-2-3-5-16(14)17/h3-17H,1-2H3,(H,31,34)(H,30,32,33);2-12H,21H2,1H3,(H,23,24,25). The second-order valence-corrected chi connectivity index (χ2v) is 16.5. The summed E-state index contributed by atoms with van der Waals surface area (Å²) in [6.45, 7) is 3.95. The molecule has 0 bridgehead atoms. The van der Waals surface area contributed by atoms with Gasteiger partial charge in [0, 0.05) is 93.6 Å². The topological polar surface area (TPSA) is 191 Å². The molecule has 5 aromatic carbocycles. The fourth-order valence-corrected chi connectivity index (χ4v) is 7.37. The van der Waals surface area contributed by atoms with Crippen LogP contribution in [0.1, 0.15) is 21.5 Å². The molecule has 0 radical (unpaired) electrons. The van der Waals surface area contributed by atoms with Gasteiger partial charge in [-0.25, -0.2) is 28.4 Å². The number of aryl methyl sites for hydroxylation is 2. The van der Waals surface area contributed by atoms with E-state index in [0.717, 1.165) is 72.8 Å². The number of amides is 1. The van der Waals surface area contributed by atoms with Gasteiger partial charge in [-0.15, -0.1) is 0 Å². The van der Waals surface area contributed by atoms with Gasteiger partial charge < -0.3 is 21.7 Å².